The molecule has 0 rings (SSSR count). The van der Waals surface area contributed by atoms with E-state index in [0.717, 1.165) is 0 Å². The van der Waals surface area contributed by atoms with E-state index in [1.54, 1.807) is 18.5 Å². The Morgan fingerprint density at radius 1 is 0.706 bits per heavy atom. The van der Waals surface area contributed by atoms with Crippen LogP contribution in [0.15, 0.2) is 0 Å². The van der Waals surface area contributed by atoms with Crippen LogP contribution in [0.4, 0.5) is 12.9 Å². The van der Waals surface area contributed by atoms with Crippen LogP contribution in [0.3, 0.4) is 0 Å². The van der Waals surface area contributed by atoms with E-state index in [-0.39, 0.29) is 0 Å². The van der Waals surface area contributed by atoms with E-state index in [1.807, 2.05) is 0 Å². The van der Waals surface area contributed by atoms with Crippen molar-refractivity contribution in [1.82, 2.24) is 0 Å². The summed E-state index contributed by atoms with van der Waals surface area (Å²) in [6.07, 6.45) is 13.2. The highest BCUT2D eigenvalue weighted by atomic mass is 31.1. The van der Waals surface area contributed by atoms with Crippen LogP contribution in [0.1, 0.15) is 59.3 Å². The van der Waals surface area contributed by atoms with E-state index in [1.165, 1.54) is 38.5 Å². The van der Waals surface area contributed by atoms with E-state index >= 15 is 0 Å². The molecule has 0 amide bonds. The summed E-state index contributed by atoms with van der Waals surface area (Å²) in [6.45, 7) is 6.94. The smallest absolute Gasteiger partial charge is 0.254 e. The summed E-state index contributed by atoms with van der Waals surface area (Å²) in [5.74, 6) is 0. The van der Waals surface area contributed by atoms with Gasteiger partial charge < -0.3 is 0 Å². The Morgan fingerprint density at radius 2 is 0.941 bits per heavy atom. The predicted molar refractivity (Wildman–Crippen MR) is 75.3 cm³/mol. The van der Waals surface area contributed by atoms with Gasteiger partial charge in [-0.1, -0.05) is 40.0 Å². The molecule has 0 saturated carbocycles. The molecule has 0 radical (unpaired) electrons. The van der Waals surface area contributed by atoms with Crippen LogP contribution in [0, 0.1) is 0 Å². The lowest BCUT2D eigenvalue weighted by Gasteiger charge is -2.16. The first kappa shape index (κ1) is 19.6. The molecule has 0 bridgehead atoms. The molecule has 0 aromatic rings. The van der Waals surface area contributed by atoms with Crippen molar-refractivity contribution in [2.45, 2.75) is 59.3 Å². The summed E-state index contributed by atoms with van der Waals surface area (Å²) in [4.78, 5) is 0. The zero-order chi connectivity index (χ0) is 13.5. The molecule has 0 spiro atoms. The van der Waals surface area contributed by atoms with Crippen LogP contribution in [0.5, 0.6) is 0 Å². The molecule has 0 heterocycles. The SMILES string of the molecule is CCCCP(CCCC)CCCC.FB(F)F. The molecule has 0 saturated heterocycles. The van der Waals surface area contributed by atoms with Gasteiger partial charge in [0.1, 0.15) is 0 Å². The highest BCUT2D eigenvalue weighted by molar-refractivity contribution is 7.57. The second kappa shape index (κ2) is 16.3. The second-order valence-electron chi connectivity index (χ2n) is 4.15. The molecule has 0 aliphatic heterocycles. The van der Waals surface area contributed by atoms with Gasteiger partial charge in [-0.05, 0) is 37.7 Å². The number of halogens is 3. The molecule has 17 heavy (non-hydrogen) atoms. The van der Waals surface area contributed by atoms with Crippen molar-refractivity contribution >= 4 is 15.5 Å². The summed E-state index contributed by atoms with van der Waals surface area (Å²) in [6, 6.07) is 0. The maximum absolute atomic E-state index is 9.67. The average molecular weight is 270 g/mol. The first-order valence-corrected chi connectivity index (χ1v) is 8.62. The van der Waals surface area contributed by atoms with Crippen LogP contribution in [0.2, 0.25) is 0 Å². The van der Waals surface area contributed by atoms with Gasteiger partial charge in [0, 0.05) is 0 Å². The third-order valence-electron chi connectivity index (χ3n) is 2.48. The molecule has 0 aromatic heterocycles. The van der Waals surface area contributed by atoms with Gasteiger partial charge in [0.25, 0.3) is 0 Å². The van der Waals surface area contributed by atoms with Gasteiger partial charge in [0.2, 0.25) is 0 Å². The van der Waals surface area contributed by atoms with E-state index in [0.29, 0.717) is 7.92 Å². The maximum Gasteiger partial charge on any atom is 0.762 e. The van der Waals surface area contributed by atoms with Crippen molar-refractivity contribution < 1.29 is 12.9 Å². The van der Waals surface area contributed by atoms with Crippen LogP contribution in [-0.4, -0.2) is 26.0 Å². The summed E-state index contributed by atoms with van der Waals surface area (Å²) < 4.78 is 29.0. The lowest BCUT2D eigenvalue weighted by Crippen LogP contribution is -1.95. The minimum Gasteiger partial charge on any atom is -0.254 e. The fourth-order valence-electron chi connectivity index (χ4n) is 1.48. The molecule has 0 nitrogen and oxygen atoms in total. The van der Waals surface area contributed by atoms with Gasteiger partial charge in [0.05, 0.1) is 0 Å². The topological polar surface area (TPSA) is 0 Å². The van der Waals surface area contributed by atoms with E-state index in [2.05, 4.69) is 20.8 Å². The molecule has 0 aliphatic rings. The van der Waals surface area contributed by atoms with Crippen molar-refractivity contribution in [2.75, 3.05) is 18.5 Å². The van der Waals surface area contributed by atoms with Crippen LogP contribution in [0.25, 0.3) is 0 Å². The molecular weight excluding hydrogens is 243 g/mol. The largest absolute Gasteiger partial charge is 0.762 e. The quantitative estimate of drug-likeness (QED) is 0.369. The molecule has 104 valence electrons. The number of unbranched alkanes of at least 4 members (excludes halogenated alkanes) is 3. The number of hydrogen-bond acceptors (Lipinski definition) is 0. The predicted octanol–water partition coefficient (Wildman–Crippen LogP) is 5.75. The van der Waals surface area contributed by atoms with Gasteiger partial charge >= 0.3 is 7.54 Å². The van der Waals surface area contributed by atoms with Crippen LogP contribution < -0.4 is 0 Å². The minimum absolute atomic E-state index is 0.422. The Balaban J connectivity index is 0. The number of hydrogen-bond donors (Lipinski definition) is 0. The Morgan fingerprint density at radius 3 is 1.12 bits per heavy atom. The first-order valence-electron chi connectivity index (χ1n) is 6.72. The number of rotatable bonds is 9. The maximum atomic E-state index is 9.67. The average Bonchev–Trinajstić information content (AvgIpc) is 2.27. The van der Waals surface area contributed by atoms with Crippen molar-refractivity contribution in [3.63, 3.8) is 0 Å². The monoisotopic (exact) mass is 270 g/mol. The van der Waals surface area contributed by atoms with Gasteiger partial charge in [-0.25, -0.2) is 0 Å². The fraction of sp³-hybridized carbons (Fsp3) is 1.00. The normalized spacial score (nSPS) is 10.1. The Labute approximate surface area is 107 Å². The van der Waals surface area contributed by atoms with E-state index in [4.69, 9.17) is 0 Å². The second-order valence-corrected chi connectivity index (χ2v) is 6.83. The highest BCUT2D eigenvalue weighted by Gasteiger charge is 2.06. The molecule has 0 atom stereocenters. The standard InChI is InChI=1S/C12H27P.BF3/c1-4-7-10-13(11-8-5-2)12-9-6-3;2-1(3)4/h4-12H2,1-3H3;. The summed E-state index contributed by atoms with van der Waals surface area (Å²) in [7, 11) is -3.24. The van der Waals surface area contributed by atoms with Crippen molar-refractivity contribution in [3.05, 3.63) is 0 Å². The van der Waals surface area contributed by atoms with Crippen molar-refractivity contribution in [2.24, 2.45) is 0 Å². The molecule has 0 aliphatic carbocycles. The van der Waals surface area contributed by atoms with Crippen molar-refractivity contribution in [3.8, 4) is 0 Å². The van der Waals surface area contributed by atoms with E-state index < -0.39 is 7.54 Å². The van der Waals surface area contributed by atoms with Gasteiger partial charge in [-0.2, -0.15) is 0 Å². The van der Waals surface area contributed by atoms with E-state index in [9.17, 15) is 12.9 Å². The fourth-order valence-corrected chi connectivity index (χ4v) is 4.44. The molecule has 0 unspecified atom stereocenters. The summed E-state index contributed by atoms with van der Waals surface area (Å²) in [5, 5.41) is 0. The third-order valence-corrected chi connectivity index (χ3v) is 5.33. The molecule has 0 fully saturated rings. The third kappa shape index (κ3) is 22.0. The van der Waals surface area contributed by atoms with Gasteiger partial charge in [0.15, 0.2) is 0 Å². The molecule has 5 heteroatoms. The van der Waals surface area contributed by atoms with Crippen LogP contribution >= 0.6 is 7.92 Å². The Kier molecular flexibility index (Phi) is 18.8. The van der Waals surface area contributed by atoms with Crippen LogP contribution in [-0.2, 0) is 0 Å². The zero-order valence-corrected chi connectivity index (χ0v) is 12.4. The lowest BCUT2D eigenvalue weighted by molar-refractivity contribution is 0.535. The molecule has 0 N–H and O–H groups in total. The minimum atomic E-state index is -3.67. The summed E-state index contributed by atoms with van der Waals surface area (Å²) in [5.41, 5.74) is 0. The Bertz CT molecular complexity index is 115. The van der Waals surface area contributed by atoms with Gasteiger partial charge in [-0.3, -0.25) is 12.9 Å². The van der Waals surface area contributed by atoms with Gasteiger partial charge in [-0.15, -0.1) is 7.92 Å². The summed E-state index contributed by atoms with van der Waals surface area (Å²) >= 11 is 0. The van der Waals surface area contributed by atoms with Crippen molar-refractivity contribution in [1.29, 1.82) is 0 Å². The molecule has 0 aromatic carbocycles. The lowest BCUT2D eigenvalue weighted by atomic mass is 10.4. The Hall–Kier alpha value is 0.285. The first-order chi connectivity index (χ1) is 8.08. The zero-order valence-electron chi connectivity index (χ0n) is 11.5. The highest BCUT2D eigenvalue weighted by Crippen LogP contribution is 2.38. The molecular formula is C12H27BF3P.